The molecule has 2 aromatic rings. The number of nitrogens with two attached hydrogens (primary N) is 1. The average molecular weight is 322 g/mol. The zero-order valence-electron chi connectivity index (χ0n) is 15.3. The first-order valence-corrected chi connectivity index (χ1v) is 9.51. The number of unbranched alkanes of at least 4 members (excludes halogenated alkanes) is 3. The molecule has 2 aromatic carbocycles. The number of benzene rings is 2. The standard InChI is InChI=1S/C23H31N/c1-23(2,24)22-15-10-18(11-16-22)7-5-3-4-6-8-19-9-12-20-13-14-21(20)17-19/h9-12,15-17H,3-8,13-14,24H2,1-2H3. The summed E-state index contributed by atoms with van der Waals surface area (Å²) in [5.74, 6) is 0. The topological polar surface area (TPSA) is 26.0 Å². The van der Waals surface area contributed by atoms with Crippen LogP contribution in [-0.4, -0.2) is 0 Å². The Hall–Kier alpha value is -1.60. The smallest absolute Gasteiger partial charge is 0.0352 e. The van der Waals surface area contributed by atoms with Gasteiger partial charge in [-0.2, -0.15) is 0 Å². The maximum Gasteiger partial charge on any atom is 0.0352 e. The van der Waals surface area contributed by atoms with Gasteiger partial charge in [-0.25, -0.2) is 0 Å². The monoisotopic (exact) mass is 321 g/mol. The Morgan fingerprint density at radius 1 is 0.750 bits per heavy atom. The molecule has 0 aromatic heterocycles. The van der Waals surface area contributed by atoms with Crippen LogP contribution in [0.25, 0.3) is 0 Å². The van der Waals surface area contributed by atoms with Gasteiger partial charge in [0, 0.05) is 5.54 Å². The van der Waals surface area contributed by atoms with Gasteiger partial charge in [-0.1, -0.05) is 55.3 Å². The highest BCUT2D eigenvalue weighted by atomic mass is 14.7. The molecule has 3 rings (SSSR count). The molecule has 0 saturated heterocycles. The molecule has 0 spiro atoms. The third kappa shape index (κ3) is 4.48. The Morgan fingerprint density at radius 3 is 1.88 bits per heavy atom. The van der Waals surface area contributed by atoms with E-state index in [1.165, 1.54) is 68.1 Å². The van der Waals surface area contributed by atoms with E-state index in [-0.39, 0.29) is 5.54 Å². The van der Waals surface area contributed by atoms with E-state index in [4.69, 9.17) is 5.73 Å². The van der Waals surface area contributed by atoms with E-state index < -0.39 is 0 Å². The van der Waals surface area contributed by atoms with E-state index in [0.717, 1.165) is 0 Å². The predicted molar refractivity (Wildman–Crippen MR) is 103 cm³/mol. The number of hydrogen-bond donors (Lipinski definition) is 1. The lowest BCUT2D eigenvalue weighted by Gasteiger charge is -2.19. The van der Waals surface area contributed by atoms with E-state index in [1.807, 2.05) is 0 Å². The van der Waals surface area contributed by atoms with Crippen LogP contribution in [0.3, 0.4) is 0 Å². The van der Waals surface area contributed by atoms with Crippen molar-refractivity contribution in [1.82, 2.24) is 0 Å². The van der Waals surface area contributed by atoms with Crippen molar-refractivity contribution in [3.8, 4) is 0 Å². The van der Waals surface area contributed by atoms with E-state index in [0.29, 0.717) is 0 Å². The molecule has 1 aliphatic rings. The number of aryl methyl sites for hydroxylation is 4. The van der Waals surface area contributed by atoms with Crippen LogP contribution in [0.15, 0.2) is 42.5 Å². The fourth-order valence-corrected chi connectivity index (χ4v) is 3.52. The summed E-state index contributed by atoms with van der Waals surface area (Å²) in [5, 5.41) is 0. The van der Waals surface area contributed by atoms with E-state index in [9.17, 15) is 0 Å². The van der Waals surface area contributed by atoms with Crippen LogP contribution < -0.4 is 5.73 Å². The lowest BCUT2D eigenvalue weighted by atomic mass is 9.86. The normalized spacial score (nSPS) is 13.5. The maximum absolute atomic E-state index is 6.13. The fraction of sp³-hybridized carbons (Fsp3) is 0.478. The molecule has 0 aliphatic heterocycles. The number of rotatable bonds is 8. The Morgan fingerprint density at radius 2 is 1.33 bits per heavy atom. The predicted octanol–water partition coefficient (Wildman–Crippen LogP) is 5.32. The van der Waals surface area contributed by atoms with Gasteiger partial charge < -0.3 is 5.73 Å². The number of hydrogen-bond acceptors (Lipinski definition) is 1. The first-order valence-electron chi connectivity index (χ1n) is 9.51. The highest BCUT2D eigenvalue weighted by Crippen LogP contribution is 2.24. The fourth-order valence-electron chi connectivity index (χ4n) is 3.52. The van der Waals surface area contributed by atoms with E-state index >= 15 is 0 Å². The van der Waals surface area contributed by atoms with Crippen molar-refractivity contribution >= 4 is 0 Å². The minimum Gasteiger partial charge on any atom is -0.322 e. The van der Waals surface area contributed by atoms with Gasteiger partial charge in [0.1, 0.15) is 0 Å². The van der Waals surface area contributed by atoms with Crippen molar-refractivity contribution in [1.29, 1.82) is 0 Å². The van der Waals surface area contributed by atoms with Crippen molar-refractivity contribution in [2.75, 3.05) is 0 Å². The Bertz CT molecular complexity index is 661. The minimum atomic E-state index is -0.239. The third-order valence-corrected chi connectivity index (χ3v) is 5.31. The molecular weight excluding hydrogens is 290 g/mol. The molecule has 0 heterocycles. The zero-order valence-corrected chi connectivity index (χ0v) is 15.3. The van der Waals surface area contributed by atoms with Crippen molar-refractivity contribution in [3.63, 3.8) is 0 Å². The molecule has 0 atom stereocenters. The molecule has 1 nitrogen and oxygen atoms in total. The molecule has 1 heteroatoms. The second kappa shape index (κ2) is 7.53. The summed E-state index contributed by atoms with van der Waals surface area (Å²) in [6, 6.07) is 15.9. The van der Waals surface area contributed by atoms with Crippen LogP contribution in [0, 0.1) is 0 Å². The van der Waals surface area contributed by atoms with Crippen LogP contribution in [-0.2, 0) is 31.2 Å². The molecule has 0 radical (unpaired) electrons. The average Bonchev–Trinajstić information content (AvgIpc) is 2.52. The van der Waals surface area contributed by atoms with Crippen LogP contribution >= 0.6 is 0 Å². The molecule has 0 saturated carbocycles. The van der Waals surface area contributed by atoms with E-state index in [2.05, 4.69) is 56.3 Å². The minimum absolute atomic E-state index is 0.239. The van der Waals surface area contributed by atoms with Gasteiger partial charge in [0.05, 0.1) is 0 Å². The molecule has 24 heavy (non-hydrogen) atoms. The van der Waals surface area contributed by atoms with Gasteiger partial charge in [0.15, 0.2) is 0 Å². The summed E-state index contributed by atoms with van der Waals surface area (Å²) in [5.41, 5.74) is 13.2. The number of fused-ring (bicyclic) bond motifs is 1. The first-order chi connectivity index (χ1) is 11.5. The van der Waals surface area contributed by atoms with Crippen LogP contribution in [0.5, 0.6) is 0 Å². The van der Waals surface area contributed by atoms with Gasteiger partial charge in [-0.15, -0.1) is 0 Å². The van der Waals surface area contributed by atoms with Crippen molar-refractivity contribution in [3.05, 3.63) is 70.3 Å². The largest absolute Gasteiger partial charge is 0.322 e. The summed E-state index contributed by atoms with van der Waals surface area (Å²) in [4.78, 5) is 0. The Balaban J connectivity index is 1.33. The summed E-state index contributed by atoms with van der Waals surface area (Å²) in [6.45, 7) is 4.11. The van der Waals surface area contributed by atoms with Gasteiger partial charge in [-0.3, -0.25) is 0 Å². The second-order valence-corrected chi connectivity index (χ2v) is 7.94. The molecule has 128 valence electrons. The van der Waals surface area contributed by atoms with Crippen LogP contribution in [0.4, 0.5) is 0 Å². The summed E-state index contributed by atoms with van der Waals surface area (Å²) in [7, 11) is 0. The van der Waals surface area contributed by atoms with Crippen molar-refractivity contribution in [2.45, 2.75) is 70.8 Å². The van der Waals surface area contributed by atoms with Crippen LogP contribution in [0.1, 0.15) is 67.3 Å². The molecular formula is C23H31N. The molecule has 2 N–H and O–H groups in total. The van der Waals surface area contributed by atoms with Gasteiger partial charge >= 0.3 is 0 Å². The van der Waals surface area contributed by atoms with Crippen molar-refractivity contribution < 1.29 is 0 Å². The summed E-state index contributed by atoms with van der Waals surface area (Å²) < 4.78 is 0. The molecule has 0 unspecified atom stereocenters. The van der Waals surface area contributed by atoms with Crippen LogP contribution in [0.2, 0.25) is 0 Å². The Kier molecular flexibility index (Phi) is 5.40. The molecule has 0 amide bonds. The lowest BCUT2D eigenvalue weighted by molar-refractivity contribution is 0.554. The summed E-state index contributed by atoms with van der Waals surface area (Å²) >= 11 is 0. The van der Waals surface area contributed by atoms with E-state index in [1.54, 1.807) is 11.1 Å². The van der Waals surface area contributed by atoms with Gasteiger partial charge in [0.25, 0.3) is 0 Å². The van der Waals surface area contributed by atoms with Crippen molar-refractivity contribution in [2.24, 2.45) is 5.73 Å². The van der Waals surface area contributed by atoms with Gasteiger partial charge in [-0.05, 0) is 80.2 Å². The molecule has 0 bridgehead atoms. The Labute approximate surface area is 147 Å². The highest BCUT2D eigenvalue weighted by molar-refractivity contribution is 5.38. The van der Waals surface area contributed by atoms with Gasteiger partial charge in [0.2, 0.25) is 0 Å². The summed E-state index contributed by atoms with van der Waals surface area (Å²) in [6.07, 6.45) is 10.3. The quantitative estimate of drug-likeness (QED) is 0.654. The third-order valence-electron chi connectivity index (χ3n) is 5.31. The lowest BCUT2D eigenvalue weighted by Crippen LogP contribution is -2.28. The SMILES string of the molecule is CC(C)(N)c1ccc(CCCCCCc2ccc3c(c2)CC3)cc1. The first kappa shape index (κ1) is 17.2. The highest BCUT2D eigenvalue weighted by Gasteiger charge is 2.13. The maximum atomic E-state index is 6.13. The molecule has 0 fully saturated rings. The second-order valence-electron chi connectivity index (χ2n) is 7.94. The molecule has 1 aliphatic carbocycles. The zero-order chi connectivity index (χ0) is 17.0.